The fraction of sp³-hybridized carbons (Fsp3) is 0.263. The largest absolute Gasteiger partial charge is 0.418 e. The zero-order valence-corrected chi connectivity index (χ0v) is 14.5. The van der Waals surface area contributed by atoms with Gasteiger partial charge in [0.25, 0.3) is 0 Å². The third-order valence-corrected chi connectivity index (χ3v) is 3.86. The van der Waals surface area contributed by atoms with Crippen LogP contribution < -0.4 is 10.2 Å². The molecule has 2 aromatic carbocycles. The number of carbonyl (C=O) groups excluding carboxylic acids is 2. The Morgan fingerprint density at radius 1 is 1.04 bits per heavy atom. The molecule has 0 aromatic heterocycles. The summed E-state index contributed by atoms with van der Waals surface area (Å²) in [7, 11) is 0. The third kappa shape index (κ3) is 5.54. The van der Waals surface area contributed by atoms with Crippen molar-refractivity contribution >= 4 is 17.5 Å². The van der Waals surface area contributed by atoms with Gasteiger partial charge in [0, 0.05) is 13.5 Å². The molecular weight excluding hydrogens is 364 g/mol. The van der Waals surface area contributed by atoms with Gasteiger partial charge in [0.15, 0.2) is 0 Å². The highest BCUT2D eigenvalue weighted by molar-refractivity contribution is 5.98. The van der Waals surface area contributed by atoms with Crippen LogP contribution in [-0.2, 0) is 22.2 Å². The minimum atomic E-state index is -4.66. The van der Waals surface area contributed by atoms with Crippen LogP contribution in [0.25, 0.3) is 0 Å². The van der Waals surface area contributed by atoms with Crippen LogP contribution in [0, 0.1) is 5.82 Å². The lowest BCUT2D eigenvalue weighted by atomic mass is 10.1. The fourth-order valence-electron chi connectivity index (χ4n) is 2.55. The molecule has 0 unspecified atom stereocenters. The maximum absolute atomic E-state index is 13.5. The Morgan fingerprint density at radius 3 is 2.30 bits per heavy atom. The number of hydrogen-bond acceptors (Lipinski definition) is 2. The van der Waals surface area contributed by atoms with Gasteiger partial charge < -0.3 is 10.2 Å². The molecule has 144 valence electrons. The zero-order valence-electron chi connectivity index (χ0n) is 14.5. The lowest BCUT2D eigenvalue weighted by Gasteiger charge is -2.24. The van der Waals surface area contributed by atoms with Crippen LogP contribution in [0.4, 0.5) is 23.2 Å². The number of amides is 2. The summed E-state index contributed by atoms with van der Waals surface area (Å²) in [5.74, 6) is -1.74. The molecule has 0 atom stereocenters. The van der Waals surface area contributed by atoms with Crippen molar-refractivity contribution in [3.63, 3.8) is 0 Å². The number of alkyl halides is 3. The Labute approximate surface area is 153 Å². The number of nitrogens with one attached hydrogen (secondary N) is 1. The predicted molar refractivity (Wildman–Crippen MR) is 92.6 cm³/mol. The van der Waals surface area contributed by atoms with Crippen molar-refractivity contribution in [1.82, 2.24) is 5.32 Å². The van der Waals surface area contributed by atoms with Gasteiger partial charge in [-0.1, -0.05) is 30.3 Å². The Kier molecular flexibility index (Phi) is 6.55. The summed E-state index contributed by atoms with van der Waals surface area (Å²) in [5, 5.41) is 2.49. The molecule has 27 heavy (non-hydrogen) atoms. The van der Waals surface area contributed by atoms with Crippen molar-refractivity contribution in [2.45, 2.75) is 19.5 Å². The van der Waals surface area contributed by atoms with E-state index in [4.69, 9.17) is 0 Å². The number of anilines is 1. The van der Waals surface area contributed by atoms with Crippen LogP contribution in [0.1, 0.15) is 18.1 Å². The maximum Gasteiger partial charge on any atom is 0.418 e. The van der Waals surface area contributed by atoms with Gasteiger partial charge in [-0.25, -0.2) is 4.39 Å². The second-order valence-electron chi connectivity index (χ2n) is 5.81. The zero-order chi connectivity index (χ0) is 20.0. The van der Waals surface area contributed by atoms with Crippen molar-refractivity contribution < 1.29 is 27.2 Å². The van der Waals surface area contributed by atoms with E-state index in [1.54, 1.807) is 18.2 Å². The normalized spacial score (nSPS) is 11.1. The first-order valence-electron chi connectivity index (χ1n) is 8.14. The first kappa shape index (κ1) is 20.4. The van der Waals surface area contributed by atoms with E-state index < -0.39 is 35.9 Å². The minimum absolute atomic E-state index is 0.0897. The van der Waals surface area contributed by atoms with Crippen molar-refractivity contribution in [2.75, 3.05) is 18.0 Å². The summed E-state index contributed by atoms with van der Waals surface area (Å²) in [6.07, 6.45) is -4.44. The van der Waals surface area contributed by atoms with Gasteiger partial charge in [0.1, 0.15) is 12.4 Å². The molecule has 0 bridgehead atoms. The van der Waals surface area contributed by atoms with Crippen molar-refractivity contribution in [2.24, 2.45) is 0 Å². The molecule has 1 N–H and O–H groups in total. The smallest absolute Gasteiger partial charge is 0.354 e. The van der Waals surface area contributed by atoms with Gasteiger partial charge in [0.2, 0.25) is 11.8 Å². The number of benzene rings is 2. The van der Waals surface area contributed by atoms with E-state index >= 15 is 0 Å². The molecule has 0 heterocycles. The summed E-state index contributed by atoms with van der Waals surface area (Å²) < 4.78 is 53.0. The van der Waals surface area contributed by atoms with Crippen LogP contribution in [-0.4, -0.2) is 24.9 Å². The second-order valence-corrected chi connectivity index (χ2v) is 5.81. The van der Waals surface area contributed by atoms with E-state index in [0.717, 1.165) is 24.0 Å². The Hall–Kier alpha value is -2.90. The van der Waals surface area contributed by atoms with Gasteiger partial charge in [-0.05, 0) is 30.2 Å². The third-order valence-electron chi connectivity index (χ3n) is 3.86. The van der Waals surface area contributed by atoms with Crippen LogP contribution in [0.3, 0.4) is 0 Å². The molecule has 4 nitrogen and oxygen atoms in total. The van der Waals surface area contributed by atoms with Crippen LogP contribution in [0.5, 0.6) is 0 Å². The van der Waals surface area contributed by atoms with Gasteiger partial charge in [0.05, 0.1) is 11.3 Å². The van der Waals surface area contributed by atoms with E-state index in [1.807, 2.05) is 0 Å². The molecule has 0 spiro atoms. The summed E-state index contributed by atoms with van der Waals surface area (Å²) in [4.78, 5) is 24.7. The second kappa shape index (κ2) is 8.66. The quantitative estimate of drug-likeness (QED) is 0.777. The van der Waals surface area contributed by atoms with Gasteiger partial charge in [-0.15, -0.1) is 0 Å². The van der Waals surface area contributed by atoms with Crippen molar-refractivity contribution in [3.05, 3.63) is 65.5 Å². The molecule has 0 aliphatic carbocycles. The number of carbonyl (C=O) groups is 2. The SMILES string of the molecule is CC(=O)N(CC(=O)NCCc1ccccc1F)c1ccccc1C(F)(F)F. The summed E-state index contributed by atoms with van der Waals surface area (Å²) in [6.45, 7) is 0.603. The molecule has 8 heteroatoms. The summed E-state index contributed by atoms with van der Waals surface area (Å²) in [6, 6.07) is 10.6. The Balaban J connectivity index is 2.06. The van der Waals surface area contributed by atoms with E-state index in [9.17, 15) is 27.2 Å². The molecule has 0 fully saturated rings. The minimum Gasteiger partial charge on any atom is -0.354 e. The van der Waals surface area contributed by atoms with Gasteiger partial charge >= 0.3 is 6.18 Å². The number of nitrogens with zero attached hydrogens (tertiary/aromatic N) is 1. The summed E-state index contributed by atoms with van der Waals surface area (Å²) in [5.41, 5.74) is -0.982. The molecule has 0 saturated heterocycles. The molecule has 0 radical (unpaired) electrons. The first-order chi connectivity index (χ1) is 12.7. The summed E-state index contributed by atoms with van der Waals surface area (Å²) >= 11 is 0. The van der Waals surface area contributed by atoms with Crippen LogP contribution in [0.2, 0.25) is 0 Å². The lowest BCUT2D eigenvalue weighted by molar-refractivity contribution is -0.137. The van der Waals surface area contributed by atoms with Gasteiger partial charge in [-0.2, -0.15) is 13.2 Å². The molecule has 2 aromatic rings. The molecular formula is C19H18F4N2O2. The van der Waals surface area contributed by atoms with Crippen LogP contribution >= 0.6 is 0 Å². The maximum atomic E-state index is 13.5. The Bertz CT molecular complexity index is 821. The van der Waals surface area contributed by atoms with Crippen molar-refractivity contribution in [1.29, 1.82) is 0 Å². The average Bonchev–Trinajstić information content (AvgIpc) is 2.60. The lowest BCUT2D eigenvalue weighted by Crippen LogP contribution is -2.41. The van der Waals surface area contributed by atoms with E-state index in [2.05, 4.69) is 5.32 Å². The standard InChI is InChI=1S/C19H18F4N2O2/c1-13(26)25(17-9-5-3-7-15(17)19(21,22)23)12-18(27)24-11-10-14-6-2-4-8-16(14)20/h2-9H,10-12H2,1H3,(H,24,27). The molecule has 0 saturated carbocycles. The number of hydrogen-bond donors (Lipinski definition) is 1. The van der Waals surface area contributed by atoms with E-state index in [0.29, 0.717) is 5.56 Å². The fourth-order valence-corrected chi connectivity index (χ4v) is 2.55. The first-order valence-corrected chi connectivity index (χ1v) is 8.14. The highest BCUT2D eigenvalue weighted by atomic mass is 19.4. The molecule has 0 aliphatic heterocycles. The molecule has 0 aliphatic rings. The number of rotatable bonds is 6. The Morgan fingerprint density at radius 2 is 1.67 bits per heavy atom. The molecule has 2 amide bonds. The predicted octanol–water partition coefficient (Wildman–Crippen LogP) is 3.56. The van der Waals surface area contributed by atoms with E-state index in [-0.39, 0.29) is 18.7 Å². The number of halogens is 4. The monoisotopic (exact) mass is 382 g/mol. The topological polar surface area (TPSA) is 49.4 Å². The van der Waals surface area contributed by atoms with E-state index in [1.165, 1.54) is 18.2 Å². The molecule has 2 rings (SSSR count). The van der Waals surface area contributed by atoms with Crippen LogP contribution in [0.15, 0.2) is 48.5 Å². The highest BCUT2D eigenvalue weighted by Crippen LogP contribution is 2.36. The highest BCUT2D eigenvalue weighted by Gasteiger charge is 2.35. The van der Waals surface area contributed by atoms with Gasteiger partial charge in [-0.3, -0.25) is 9.59 Å². The van der Waals surface area contributed by atoms with Crippen molar-refractivity contribution in [3.8, 4) is 0 Å². The number of para-hydroxylation sites is 1. The average molecular weight is 382 g/mol.